The molecule has 0 aliphatic rings. The standard InChI is InChI=1S/C15H25NO/c1-4-16-15(11-8-12-17-5-2)14-10-7-6-9-13(14)3/h6-7,9-10,15-16H,4-5,8,11-12H2,1-3H3. The SMILES string of the molecule is CCNC(CCCOCC)c1ccccc1C. The molecule has 0 fully saturated rings. The van der Waals surface area contributed by atoms with Crippen molar-refractivity contribution < 1.29 is 4.74 Å². The fourth-order valence-electron chi connectivity index (χ4n) is 2.13. The first kappa shape index (κ1) is 14.2. The zero-order chi connectivity index (χ0) is 12.5. The minimum atomic E-state index is 0.460. The van der Waals surface area contributed by atoms with Crippen molar-refractivity contribution in [1.29, 1.82) is 0 Å². The summed E-state index contributed by atoms with van der Waals surface area (Å²) in [5, 5.41) is 3.56. The maximum absolute atomic E-state index is 5.40. The highest BCUT2D eigenvalue weighted by Gasteiger charge is 2.11. The lowest BCUT2D eigenvalue weighted by atomic mass is 9.97. The van der Waals surface area contributed by atoms with E-state index >= 15 is 0 Å². The van der Waals surface area contributed by atoms with Gasteiger partial charge in [0, 0.05) is 19.3 Å². The molecule has 0 heterocycles. The van der Waals surface area contributed by atoms with Crippen LogP contribution in [0.15, 0.2) is 24.3 Å². The van der Waals surface area contributed by atoms with Crippen molar-refractivity contribution in [3.8, 4) is 0 Å². The molecule has 0 aliphatic carbocycles. The summed E-state index contributed by atoms with van der Waals surface area (Å²) < 4.78 is 5.40. The summed E-state index contributed by atoms with van der Waals surface area (Å²) >= 11 is 0. The third-order valence-electron chi connectivity index (χ3n) is 3.00. The van der Waals surface area contributed by atoms with Crippen LogP contribution in [0.2, 0.25) is 0 Å². The fraction of sp³-hybridized carbons (Fsp3) is 0.600. The molecule has 0 amide bonds. The van der Waals surface area contributed by atoms with Crippen LogP contribution >= 0.6 is 0 Å². The lowest BCUT2D eigenvalue weighted by Gasteiger charge is -2.20. The number of hydrogen-bond donors (Lipinski definition) is 1. The molecule has 1 atom stereocenters. The highest BCUT2D eigenvalue weighted by atomic mass is 16.5. The average Bonchev–Trinajstić information content (AvgIpc) is 2.34. The molecule has 0 aliphatic heterocycles. The monoisotopic (exact) mass is 235 g/mol. The third-order valence-corrected chi connectivity index (χ3v) is 3.00. The first-order valence-corrected chi connectivity index (χ1v) is 6.66. The molecule has 2 nitrogen and oxygen atoms in total. The molecule has 0 saturated heterocycles. The minimum Gasteiger partial charge on any atom is -0.382 e. The Morgan fingerprint density at radius 1 is 1.24 bits per heavy atom. The second-order valence-corrected chi connectivity index (χ2v) is 4.31. The Balaban J connectivity index is 2.56. The molecular weight excluding hydrogens is 210 g/mol. The molecule has 0 aromatic heterocycles. The molecule has 2 heteroatoms. The van der Waals surface area contributed by atoms with E-state index < -0.39 is 0 Å². The van der Waals surface area contributed by atoms with Gasteiger partial charge in [-0.25, -0.2) is 0 Å². The maximum Gasteiger partial charge on any atom is 0.0466 e. The highest BCUT2D eigenvalue weighted by molar-refractivity contribution is 5.28. The highest BCUT2D eigenvalue weighted by Crippen LogP contribution is 2.21. The third kappa shape index (κ3) is 4.88. The van der Waals surface area contributed by atoms with Crippen LogP contribution in [0.4, 0.5) is 0 Å². The van der Waals surface area contributed by atoms with Crippen molar-refractivity contribution in [2.24, 2.45) is 0 Å². The van der Waals surface area contributed by atoms with E-state index in [1.807, 2.05) is 6.92 Å². The van der Waals surface area contributed by atoms with Gasteiger partial charge in [0.2, 0.25) is 0 Å². The van der Waals surface area contributed by atoms with Crippen LogP contribution in [-0.4, -0.2) is 19.8 Å². The lowest BCUT2D eigenvalue weighted by molar-refractivity contribution is 0.141. The Morgan fingerprint density at radius 2 is 2.00 bits per heavy atom. The largest absolute Gasteiger partial charge is 0.382 e. The van der Waals surface area contributed by atoms with E-state index in [0.29, 0.717) is 6.04 Å². The van der Waals surface area contributed by atoms with E-state index in [2.05, 4.69) is 43.4 Å². The molecule has 17 heavy (non-hydrogen) atoms. The van der Waals surface area contributed by atoms with Crippen LogP contribution in [0.3, 0.4) is 0 Å². The number of ether oxygens (including phenoxy) is 1. The summed E-state index contributed by atoms with van der Waals surface area (Å²) in [5.74, 6) is 0. The average molecular weight is 235 g/mol. The molecular formula is C15H25NO. The zero-order valence-electron chi connectivity index (χ0n) is 11.3. The number of hydrogen-bond acceptors (Lipinski definition) is 2. The van der Waals surface area contributed by atoms with Gasteiger partial charge >= 0.3 is 0 Å². The van der Waals surface area contributed by atoms with E-state index in [1.165, 1.54) is 11.1 Å². The normalized spacial score (nSPS) is 12.6. The molecule has 1 aromatic rings. The molecule has 0 bridgehead atoms. The van der Waals surface area contributed by atoms with E-state index in [4.69, 9.17) is 4.74 Å². The van der Waals surface area contributed by atoms with Crippen LogP contribution in [-0.2, 0) is 4.74 Å². The second kappa shape index (κ2) is 8.26. The number of aryl methyl sites for hydroxylation is 1. The van der Waals surface area contributed by atoms with Gasteiger partial charge in [0.15, 0.2) is 0 Å². The molecule has 0 saturated carbocycles. The summed E-state index contributed by atoms with van der Waals surface area (Å²) in [6.45, 7) is 9.08. The maximum atomic E-state index is 5.40. The topological polar surface area (TPSA) is 21.3 Å². The molecule has 0 radical (unpaired) electrons. The molecule has 1 unspecified atom stereocenters. The summed E-state index contributed by atoms with van der Waals surface area (Å²) in [4.78, 5) is 0. The van der Waals surface area contributed by atoms with Gasteiger partial charge < -0.3 is 10.1 Å². The van der Waals surface area contributed by atoms with Crippen molar-refractivity contribution in [3.05, 3.63) is 35.4 Å². The molecule has 1 N–H and O–H groups in total. The van der Waals surface area contributed by atoms with Gasteiger partial charge in [0.1, 0.15) is 0 Å². The summed E-state index contributed by atoms with van der Waals surface area (Å²) in [7, 11) is 0. The van der Waals surface area contributed by atoms with E-state index in [9.17, 15) is 0 Å². The van der Waals surface area contributed by atoms with Gasteiger partial charge in [-0.3, -0.25) is 0 Å². The van der Waals surface area contributed by atoms with Gasteiger partial charge in [-0.2, -0.15) is 0 Å². The number of rotatable bonds is 8. The van der Waals surface area contributed by atoms with Gasteiger partial charge in [-0.15, -0.1) is 0 Å². The lowest BCUT2D eigenvalue weighted by Crippen LogP contribution is -2.22. The zero-order valence-corrected chi connectivity index (χ0v) is 11.3. The first-order chi connectivity index (χ1) is 8.29. The van der Waals surface area contributed by atoms with Crippen LogP contribution in [0.25, 0.3) is 0 Å². The van der Waals surface area contributed by atoms with Crippen LogP contribution in [0.5, 0.6) is 0 Å². The number of nitrogens with one attached hydrogen (secondary N) is 1. The smallest absolute Gasteiger partial charge is 0.0466 e. The Bertz CT molecular complexity index is 312. The van der Waals surface area contributed by atoms with Crippen molar-refractivity contribution in [2.75, 3.05) is 19.8 Å². The van der Waals surface area contributed by atoms with Crippen molar-refractivity contribution in [3.63, 3.8) is 0 Å². The second-order valence-electron chi connectivity index (χ2n) is 4.31. The summed E-state index contributed by atoms with van der Waals surface area (Å²) in [6, 6.07) is 9.09. The van der Waals surface area contributed by atoms with Gasteiger partial charge in [-0.05, 0) is 44.4 Å². The van der Waals surface area contributed by atoms with Gasteiger partial charge in [0.25, 0.3) is 0 Å². The van der Waals surface area contributed by atoms with Crippen LogP contribution < -0.4 is 5.32 Å². The van der Waals surface area contributed by atoms with E-state index in [0.717, 1.165) is 32.6 Å². The summed E-state index contributed by atoms with van der Waals surface area (Å²) in [5.41, 5.74) is 2.79. The van der Waals surface area contributed by atoms with Gasteiger partial charge in [-0.1, -0.05) is 31.2 Å². The van der Waals surface area contributed by atoms with Gasteiger partial charge in [0.05, 0.1) is 0 Å². The van der Waals surface area contributed by atoms with Crippen LogP contribution in [0.1, 0.15) is 43.9 Å². The molecule has 96 valence electrons. The van der Waals surface area contributed by atoms with Crippen molar-refractivity contribution >= 4 is 0 Å². The van der Waals surface area contributed by atoms with Crippen molar-refractivity contribution in [2.45, 2.75) is 39.7 Å². The van der Waals surface area contributed by atoms with E-state index in [-0.39, 0.29) is 0 Å². The molecule has 0 spiro atoms. The molecule has 1 aromatic carbocycles. The van der Waals surface area contributed by atoms with E-state index in [1.54, 1.807) is 0 Å². The predicted molar refractivity (Wildman–Crippen MR) is 73.3 cm³/mol. The first-order valence-electron chi connectivity index (χ1n) is 6.66. The Hall–Kier alpha value is -0.860. The number of benzene rings is 1. The Morgan fingerprint density at radius 3 is 2.65 bits per heavy atom. The van der Waals surface area contributed by atoms with Crippen molar-refractivity contribution in [1.82, 2.24) is 5.32 Å². The Labute approximate surface area is 105 Å². The van der Waals surface area contributed by atoms with Crippen LogP contribution in [0, 0.1) is 6.92 Å². The molecule has 1 rings (SSSR count). The summed E-state index contributed by atoms with van der Waals surface area (Å²) in [6.07, 6.45) is 2.25. The minimum absolute atomic E-state index is 0.460. The fourth-order valence-corrected chi connectivity index (χ4v) is 2.13. The quantitative estimate of drug-likeness (QED) is 0.697. The predicted octanol–water partition coefficient (Wildman–Crippen LogP) is 3.46. The Kier molecular flexibility index (Phi) is 6.90.